The molecule has 0 saturated heterocycles. The molecule has 2 aromatic heterocycles. The van der Waals surface area contributed by atoms with Crippen molar-refractivity contribution >= 4 is 29.0 Å². The van der Waals surface area contributed by atoms with Crippen molar-refractivity contribution in [2.75, 3.05) is 5.32 Å². The van der Waals surface area contributed by atoms with Crippen molar-refractivity contribution in [3.8, 4) is 0 Å². The van der Waals surface area contributed by atoms with E-state index >= 15 is 0 Å². The summed E-state index contributed by atoms with van der Waals surface area (Å²) in [6, 6.07) is 1.55. The second-order valence-electron chi connectivity index (χ2n) is 3.89. The summed E-state index contributed by atoms with van der Waals surface area (Å²) in [5, 5.41) is 16.0. The number of aromatic nitrogens is 3. The van der Waals surface area contributed by atoms with E-state index in [4.69, 9.17) is 5.11 Å². The van der Waals surface area contributed by atoms with Gasteiger partial charge in [-0.3, -0.25) is 14.3 Å². The number of carbonyl (C=O) groups is 2. The van der Waals surface area contributed by atoms with Gasteiger partial charge in [-0.05, 0) is 13.8 Å². The molecule has 2 heterocycles. The number of hydrogen-bond donors (Lipinski definition) is 2. The number of nitrogens with one attached hydrogen (secondary N) is 1. The smallest absolute Gasteiger partial charge is 0.325 e. The van der Waals surface area contributed by atoms with Crippen molar-refractivity contribution in [1.29, 1.82) is 0 Å². The average Bonchev–Trinajstić information content (AvgIpc) is 2.84. The highest BCUT2D eigenvalue weighted by atomic mass is 32.1. The van der Waals surface area contributed by atoms with E-state index in [9.17, 15) is 9.59 Å². The molecule has 0 aliphatic heterocycles. The summed E-state index contributed by atoms with van der Waals surface area (Å²) in [4.78, 5) is 27.2. The molecule has 0 bridgehead atoms. The van der Waals surface area contributed by atoms with Gasteiger partial charge in [0.05, 0.1) is 10.7 Å². The summed E-state index contributed by atoms with van der Waals surface area (Å²) >= 11 is 1.31. The van der Waals surface area contributed by atoms with Crippen molar-refractivity contribution in [3.05, 3.63) is 27.8 Å². The maximum atomic E-state index is 12.0. The van der Waals surface area contributed by atoms with Crippen LogP contribution >= 0.6 is 11.3 Å². The van der Waals surface area contributed by atoms with Crippen LogP contribution in [0.1, 0.15) is 20.4 Å². The lowest BCUT2D eigenvalue weighted by atomic mass is 10.4. The van der Waals surface area contributed by atoms with Crippen LogP contribution in [0.15, 0.2) is 12.3 Å². The lowest BCUT2D eigenvalue weighted by molar-refractivity contribution is -0.137. The topological polar surface area (TPSA) is 97.1 Å². The Hall–Kier alpha value is -2.22. The molecule has 2 aromatic rings. The Morgan fingerprint density at radius 2 is 2.21 bits per heavy atom. The van der Waals surface area contributed by atoms with Gasteiger partial charge in [-0.25, -0.2) is 4.98 Å². The molecule has 19 heavy (non-hydrogen) atoms. The maximum absolute atomic E-state index is 12.0. The Bertz CT molecular complexity index is 632. The van der Waals surface area contributed by atoms with Gasteiger partial charge in [0.1, 0.15) is 11.4 Å². The standard InChI is InChI=1S/C11H12N4O3S/c1-6-10(19-7(2)12-6)11(18)13-8-3-4-15(14-8)5-9(16)17/h3-4H,5H2,1-2H3,(H,16,17)(H,13,14,18). The minimum Gasteiger partial charge on any atom is -0.480 e. The van der Waals surface area contributed by atoms with Gasteiger partial charge in [0.2, 0.25) is 0 Å². The fourth-order valence-electron chi connectivity index (χ4n) is 1.57. The molecule has 0 unspecified atom stereocenters. The zero-order chi connectivity index (χ0) is 14.0. The first-order chi connectivity index (χ1) is 8.95. The summed E-state index contributed by atoms with van der Waals surface area (Å²) in [5.74, 6) is -0.963. The molecule has 0 radical (unpaired) electrons. The third-order valence-electron chi connectivity index (χ3n) is 2.29. The van der Waals surface area contributed by atoms with Crippen molar-refractivity contribution in [3.63, 3.8) is 0 Å². The van der Waals surface area contributed by atoms with Gasteiger partial charge in [-0.2, -0.15) is 5.10 Å². The fraction of sp³-hybridized carbons (Fsp3) is 0.273. The van der Waals surface area contributed by atoms with Gasteiger partial charge in [-0.1, -0.05) is 0 Å². The Balaban J connectivity index is 2.09. The van der Waals surface area contributed by atoms with Crippen LogP contribution < -0.4 is 5.32 Å². The van der Waals surface area contributed by atoms with Crippen LogP contribution in [0.3, 0.4) is 0 Å². The highest BCUT2D eigenvalue weighted by Gasteiger charge is 2.15. The second-order valence-corrected chi connectivity index (χ2v) is 5.10. The van der Waals surface area contributed by atoms with Gasteiger partial charge < -0.3 is 10.4 Å². The van der Waals surface area contributed by atoms with Gasteiger partial charge >= 0.3 is 5.97 Å². The normalized spacial score (nSPS) is 10.4. The minimum absolute atomic E-state index is 0.242. The molecular formula is C11H12N4O3S. The Morgan fingerprint density at radius 1 is 1.47 bits per heavy atom. The van der Waals surface area contributed by atoms with E-state index < -0.39 is 5.97 Å². The molecule has 0 aliphatic carbocycles. The second kappa shape index (κ2) is 5.19. The lowest BCUT2D eigenvalue weighted by Gasteiger charge is -2.00. The van der Waals surface area contributed by atoms with Crippen LogP contribution in [0.2, 0.25) is 0 Å². The predicted molar refractivity (Wildman–Crippen MR) is 69.4 cm³/mol. The number of rotatable bonds is 4. The lowest BCUT2D eigenvalue weighted by Crippen LogP contribution is -2.13. The first-order valence-electron chi connectivity index (χ1n) is 5.46. The molecule has 0 aliphatic rings. The van der Waals surface area contributed by atoms with E-state index in [0.717, 1.165) is 5.01 Å². The Kier molecular flexibility index (Phi) is 3.61. The molecule has 0 fully saturated rings. The van der Waals surface area contributed by atoms with E-state index in [1.54, 1.807) is 13.0 Å². The SMILES string of the molecule is Cc1nc(C)c(C(=O)Nc2ccn(CC(=O)O)n2)s1. The monoisotopic (exact) mass is 280 g/mol. The number of nitrogens with zero attached hydrogens (tertiary/aromatic N) is 3. The van der Waals surface area contributed by atoms with Crippen LogP contribution in [0.25, 0.3) is 0 Å². The molecule has 8 heteroatoms. The molecule has 0 saturated carbocycles. The van der Waals surface area contributed by atoms with Crippen molar-refractivity contribution in [2.24, 2.45) is 0 Å². The fourth-order valence-corrected chi connectivity index (χ4v) is 2.39. The van der Waals surface area contributed by atoms with E-state index in [1.807, 2.05) is 6.92 Å². The number of carbonyl (C=O) groups excluding carboxylic acids is 1. The molecule has 100 valence electrons. The third kappa shape index (κ3) is 3.16. The number of aryl methyl sites for hydroxylation is 2. The number of aliphatic carboxylic acids is 1. The largest absolute Gasteiger partial charge is 0.480 e. The first kappa shape index (κ1) is 13.2. The van der Waals surface area contributed by atoms with Crippen LogP contribution in [0.5, 0.6) is 0 Å². The zero-order valence-electron chi connectivity index (χ0n) is 10.4. The van der Waals surface area contributed by atoms with Gasteiger partial charge in [-0.15, -0.1) is 11.3 Å². The maximum Gasteiger partial charge on any atom is 0.325 e. The predicted octanol–water partition coefficient (Wildman–Crippen LogP) is 1.29. The van der Waals surface area contributed by atoms with Crippen molar-refractivity contribution in [2.45, 2.75) is 20.4 Å². The van der Waals surface area contributed by atoms with E-state index in [1.165, 1.54) is 22.2 Å². The molecule has 0 atom stereocenters. The number of anilines is 1. The number of hydrogen-bond acceptors (Lipinski definition) is 5. The number of amides is 1. The number of carboxylic acid groups (broad SMARTS) is 1. The summed E-state index contributed by atoms with van der Waals surface area (Å²) in [5.41, 5.74) is 0.671. The van der Waals surface area contributed by atoms with E-state index in [2.05, 4.69) is 15.4 Å². The van der Waals surface area contributed by atoms with E-state index in [0.29, 0.717) is 16.4 Å². The molecule has 0 aromatic carbocycles. The van der Waals surface area contributed by atoms with Crippen LogP contribution in [0, 0.1) is 13.8 Å². The molecule has 2 rings (SSSR count). The van der Waals surface area contributed by atoms with E-state index in [-0.39, 0.29) is 12.5 Å². The minimum atomic E-state index is -0.991. The Morgan fingerprint density at radius 3 is 2.79 bits per heavy atom. The molecule has 7 nitrogen and oxygen atoms in total. The average molecular weight is 280 g/mol. The molecule has 1 amide bonds. The van der Waals surface area contributed by atoms with Crippen LogP contribution in [0.4, 0.5) is 5.82 Å². The molecule has 0 spiro atoms. The van der Waals surface area contributed by atoms with Gasteiger partial charge in [0.25, 0.3) is 5.91 Å². The first-order valence-corrected chi connectivity index (χ1v) is 6.28. The number of carboxylic acids is 1. The quantitative estimate of drug-likeness (QED) is 0.879. The summed E-state index contributed by atoms with van der Waals surface area (Å²) in [6.07, 6.45) is 1.49. The van der Waals surface area contributed by atoms with Crippen LogP contribution in [-0.4, -0.2) is 31.7 Å². The zero-order valence-corrected chi connectivity index (χ0v) is 11.2. The summed E-state index contributed by atoms with van der Waals surface area (Å²) in [7, 11) is 0. The Labute approximate surface area is 112 Å². The van der Waals surface area contributed by atoms with Crippen molar-refractivity contribution in [1.82, 2.24) is 14.8 Å². The van der Waals surface area contributed by atoms with Gasteiger partial charge in [0.15, 0.2) is 5.82 Å². The molecule has 2 N–H and O–H groups in total. The highest BCUT2D eigenvalue weighted by Crippen LogP contribution is 2.18. The van der Waals surface area contributed by atoms with Crippen molar-refractivity contribution < 1.29 is 14.7 Å². The van der Waals surface area contributed by atoms with Crippen LogP contribution in [-0.2, 0) is 11.3 Å². The third-order valence-corrected chi connectivity index (χ3v) is 3.36. The molecular weight excluding hydrogens is 268 g/mol. The highest BCUT2D eigenvalue weighted by molar-refractivity contribution is 7.13. The number of thiazole rings is 1. The summed E-state index contributed by atoms with van der Waals surface area (Å²) < 4.78 is 1.24. The van der Waals surface area contributed by atoms with Gasteiger partial charge in [0, 0.05) is 12.3 Å². The summed E-state index contributed by atoms with van der Waals surface area (Å²) in [6.45, 7) is 3.35.